The number of alkyl halides is 6. The van der Waals surface area contributed by atoms with Gasteiger partial charge in [-0.15, -0.1) is 0 Å². The van der Waals surface area contributed by atoms with Crippen molar-refractivity contribution >= 4 is 17.5 Å². The second kappa shape index (κ2) is 11.9. The molecule has 45 heavy (non-hydrogen) atoms. The van der Waals surface area contributed by atoms with Crippen molar-refractivity contribution in [1.82, 2.24) is 25.1 Å². The van der Waals surface area contributed by atoms with E-state index in [1.165, 1.54) is 4.52 Å². The van der Waals surface area contributed by atoms with E-state index in [0.29, 0.717) is 16.9 Å². The highest BCUT2D eigenvalue weighted by atomic mass is 19.3. The van der Waals surface area contributed by atoms with Crippen molar-refractivity contribution in [2.45, 2.75) is 94.8 Å². The smallest absolute Gasteiger partial charge is 0.345 e. The molecule has 0 aliphatic heterocycles. The Labute approximate surface area is 253 Å². The molecule has 0 saturated heterocycles. The Morgan fingerprint density at radius 2 is 1.80 bits per heavy atom. The van der Waals surface area contributed by atoms with Crippen LogP contribution in [0.2, 0.25) is 0 Å². The third-order valence-electron chi connectivity index (χ3n) is 8.99. The van der Waals surface area contributed by atoms with Gasteiger partial charge in [0.1, 0.15) is 11.3 Å². The first-order valence-corrected chi connectivity index (χ1v) is 14.9. The van der Waals surface area contributed by atoms with Gasteiger partial charge in [-0.25, -0.2) is 27.1 Å². The monoisotopic (exact) mass is 642 g/mol. The molecule has 0 bridgehead atoms. The highest BCUT2D eigenvalue weighted by Gasteiger charge is 2.46. The summed E-state index contributed by atoms with van der Waals surface area (Å²) in [6.45, 7) is -3.91. The van der Waals surface area contributed by atoms with E-state index < -0.39 is 61.7 Å². The molecular weight excluding hydrogens is 610 g/mol. The first kappa shape index (κ1) is 31.3. The van der Waals surface area contributed by atoms with Crippen LogP contribution in [0.15, 0.2) is 23.0 Å². The van der Waals surface area contributed by atoms with Crippen LogP contribution in [0.4, 0.5) is 26.3 Å². The van der Waals surface area contributed by atoms with E-state index in [1.54, 1.807) is 18.5 Å². The molecule has 0 unspecified atom stereocenters. The molecule has 6 rings (SSSR count). The fourth-order valence-corrected chi connectivity index (χ4v) is 6.60. The van der Waals surface area contributed by atoms with Crippen LogP contribution >= 0.6 is 0 Å². The van der Waals surface area contributed by atoms with Crippen LogP contribution in [0.3, 0.4) is 0 Å². The number of nitrogens with two attached hydrogens (primary N) is 1. The Kier molecular flexibility index (Phi) is 8.29. The summed E-state index contributed by atoms with van der Waals surface area (Å²) in [5.41, 5.74) is 6.41. The van der Waals surface area contributed by atoms with Crippen molar-refractivity contribution in [3.8, 4) is 0 Å². The molecule has 244 valence electrons. The number of nitrogens with one attached hydrogen (secondary N) is 1. The zero-order valence-corrected chi connectivity index (χ0v) is 24.0. The number of hydrogen-bond acceptors (Lipinski definition) is 7. The molecule has 3 aromatic rings. The van der Waals surface area contributed by atoms with Crippen LogP contribution < -0.4 is 11.1 Å². The van der Waals surface area contributed by atoms with Crippen molar-refractivity contribution in [2.75, 3.05) is 0 Å². The van der Waals surface area contributed by atoms with Gasteiger partial charge in [-0.2, -0.15) is 13.9 Å². The first-order valence-electron chi connectivity index (χ1n) is 14.9. The van der Waals surface area contributed by atoms with Crippen LogP contribution in [-0.4, -0.2) is 50.0 Å². The minimum absolute atomic E-state index is 0.00778. The lowest BCUT2D eigenvalue weighted by atomic mass is 9.75. The molecular formula is C29H32F6N6O4. The standard InChI is InChI=1S/C29H32F6N6O4/c30-27(31)44-13-19-23(26(36)43)25(45-40-19)22(15-3-5-28(32,33)6-4-15)18-12-41-20(38-18)8-17(11-37-41)24(16-1-2-16)39-21(42)7-14-9-29(34,35)10-14/h8,11-12,14-16,22,24,27H,1-7,9-10,13H2,(H2,36,43)(H,39,42)/t22-,24+/m0/s1. The molecule has 3 heterocycles. The third kappa shape index (κ3) is 6.94. The van der Waals surface area contributed by atoms with Crippen molar-refractivity contribution < 1.29 is 45.2 Å². The Hall–Kier alpha value is -3.69. The predicted octanol–water partition coefficient (Wildman–Crippen LogP) is 5.52. The average molecular weight is 643 g/mol. The molecule has 0 aromatic carbocycles. The minimum Gasteiger partial charge on any atom is -0.365 e. The summed E-state index contributed by atoms with van der Waals surface area (Å²) >= 11 is 0. The summed E-state index contributed by atoms with van der Waals surface area (Å²) in [7, 11) is 0. The van der Waals surface area contributed by atoms with Gasteiger partial charge in [0.2, 0.25) is 17.8 Å². The van der Waals surface area contributed by atoms with Gasteiger partial charge in [0.05, 0.1) is 36.7 Å². The number of aromatic nitrogens is 4. The largest absolute Gasteiger partial charge is 0.365 e. The summed E-state index contributed by atoms with van der Waals surface area (Å²) in [6.07, 6.45) is 3.54. The molecule has 0 radical (unpaired) electrons. The van der Waals surface area contributed by atoms with Gasteiger partial charge in [-0.3, -0.25) is 9.59 Å². The van der Waals surface area contributed by atoms with Crippen LogP contribution in [0, 0.1) is 17.8 Å². The molecule has 3 aliphatic carbocycles. The molecule has 16 heteroatoms. The quantitative estimate of drug-likeness (QED) is 0.248. The maximum absolute atomic E-state index is 14.1. The summed E-state index contributed by atoms with van der Waals surface area (Å²) in [4.78, 5) is 29.9. The predicted molar refractivity (Wildman–Crippen MR) is 143 cm³/mol. The molecule has 10 nitrogen and oxygen atoms in total. The maximum Gasteiger partial charge on any atom is 0.345 e. The Balaban J connectivity index is 1.30. The topological polar surface area (TPSA) is 138 Å². The van der Waals surface area contributed by atoms with Crippen LogP contribution in [0.1, 0.15) is 103 Å². The van der Waals surface area contributed by atoms with E-state index in [9.17, 15) is 35.9 Å². The van der Waals surface area contributed by atoms with E-state index >= 15 is 0 Å². The number of carbonyl (C=O) groups excluding carboxylic acids is 2. The molecule has 0 spiro atoms. The number of nitrogens with zero attached hydrogens (tertiary/aromatic N) is 4. The lowest BCUT2D eigenvalue weighted by Gasteiger charge is -2.34. The van der Waals surface area contributed by atoms with E-state index in [1.807, 2.05) is 0 Å². The number of fused-ring (bicyclic) bond motifs is 1. The molecule has 3 aromatic heterocycles. The highest BCUT2D eigenvalue weighted by molar-refractivity contribution is 5.95. The second-order valence-corrected chi connectivity index (χ2v) is 12.4. The summed E-state index contributed by atoms with van der Waals surface area (Å²) in [5.74, 6) is -8.58. The average Bonchev–Trinajstić information content (AvgIpc) is 3.56. The van der Waals surface area contributed by atoms with E-state index in [-0.39, 0.29) is 66.9 Å². The van der Waals surface area contributed by atoms with Gasteiger partial charge in [-0.1, -0.05) is 5.16 Å². The number of hydrogen-bond donors (Lipinski definition) is 2. The Morgan fingerprint density at radius 1 is 1.09 bits per heavy atom. The zero-order valence-electron chi connectivity index (χ0n) is 24.0. The van der Waals surface area contributed by atoms with Crippen molar-refractivity contribution in [1.29, 1.82) is 0 Å². The number of amides is 2. The number of imidazole rings is 1. The second-order valence-electron chi connectivity index (χ2n) is 12.4. The van der Waals surface area contributed by atoms with Crippen LogP contribution in [0.5, 0.6) is 0 Å². The fourth-order valence-electron chi connectivity index (χ4n) is 6.60. The first-order chi connectivity index (χ1) is 21.3. The number of halogens is 6. The van der Waals surface area contributed by atoms with Crippen LogP contribution in [0.25, 0.3) is 5.65 Å². The molecule has 3 N–H and O–H groups in total. The SMILES string of the molecule is NC(=O)c1c(COC(F)F)noc1[C@H](c1cn2ncc([C@H](NC(=O)CC3CC(F)(F)C3)C3CC3)cc2n1)C1CCC(F)(F)CC1. The number of ether oxygens (including phenoxy) is 1. The Morgan fingerprint density at radius 3 is 2.42 bits per heavy atom. The molecule has 3 fully saturated rings. The third-order valence-corrected chi connectivity index (χ3v) is 8.99. The lowest BCUT2D eigenvalue weighted by molar-refractivity contribution is -0.138. The fraction of sp³-hybridized carbons (Fsp3) is 0.621. The molecule has 3 saturated carbocycles. The van der Waals surface area contributed by atoms with Gasteiger partial charge in [0.25, 0.3) is 5.91 Å². The highest BCUT2D eigenvalue weighted by Crippen LogP contribution is 2.47. The molecule has 3 aliphatic rings. The van der Waals surface area contributed by atoms with Gasteiger partial charge in [0.15, 0.2) is 11.4 Å². The number of primary amides is 1. The minimum atomic E-state index is -3.15. The number of rotatable bonds is 12. The van der Waals surface area contributed by atoms with E-state index in [4.69, 9.17) is 15.2 Å². The van der Waals surface area contributed by atoms with E-state index in [2.05, 4.69) is 20.3 Å². The lowest BCUT2D eigenvalue weighted by Crippen LogP contribution is -2.39. The summed E-state index contributed by atoms with van der Waals surface area (Å²) in [5, 5.41) is 11.2. The van der Waals surface area contributed by atoms with E-state index in [0.717, 1.165) is 12.8 Å². The summed E-state index contributed by atoms with van der Waals surface area (Å²) in [6, 6.07) is 1.32. The van der Waals surface area contributed by atoms with Crippen molar-refractivity contribution in [2.24, 2.45) is 23.5 Å². The van der Waals surface area contributed by atoms with Crippen LogP contribution in [-0.2, 0) is 16.1 Å². The normalized spacial score (nSPS) is 21.5. The van der Waals surface area contributed by atoms with Gasteiger partial charge >= 0.3 is 6.61 Å². The Bertz CT molecular complexity index is 1560. The van der Waals surface area contributed by atoms with Crippen molar-refractivity contribution in [3.63, 3.8) is 0 Å². The number of carbonyl (C=O) groups is 2. The molecule has 2 atom stereocenters. The van der Waals surface area contributed by atoms with Gasteiger partial charge in [-0.05, 0) is 55.1 Å². The summed E-state index contributed by atoms with van der Waals surface area (Å²) < 4.78 is 91.5. The maximum atomic E-state index is 14.1. The van der Waals surface area contributed by atoms with Crippen molar-refractivity contribution in [3.05, 3.63) is 46.7 Å². The van der Waals surface area contributed by atoms with Gasteiger partial charge in [0, 0.05) is 32.1 Å². The zero-order chi connectivity index (χ0) is 32.1. The molecule has 2 amide bonds. The van der Waals surface area contributed by atoms with Gasteiger partial charge < -0.3 is 20.3 Å².